The molecule has 0 unspecified atom stereocenters. The summed E-state index contributed by atoms with van der Waals surface area (Å²) in [6.07, 6.45) is 1.47. The molecule has 1 aliphatic rings. The van der Waals surface area contributed by atoms with Crippen molar-refractivity contribution in [3.63, 3.8) is 0 Å². The molecule has 0 amide bonds. The van der Waals surface area contributed by atoms with Crippen molar-refractivity contribution < 1.29 is 13.5 Å². The molecule has 0 aliphatic carbocycles. The van der Waals surface area contributed by atoms with Crippen LogP contribution < -0.4 is 0 Å². The van der Waals surface area contributed by atoms with Crippen LogP contribution in [0.5, 0.6) is 0 Å². The van der Waals surface area contributed by atoms with E-state index in [1.807, 2.05) is 27.9 Å². The molecule has 1 rings (SSSR count). The Kier molecular flexibility index (Phi) is 5.79. The van der Waals surface area contributed by atoms with E-state index >= 15 is 0 Å². The number of nitrogens with zero attached hydrogens (tertiary/aromatic N) is 2. The zero-order valence-electron chi connectivity index (χ0n) is 12.6. The summed E-state index contributed by atoms with van der Waals surface area (Å²) >= 11 is 0. The number of hydrogen-bond donors (Lipinski definition) is 1. The first-order valence-corrected chi connectivity index (χ1v) is 8.55. The number of aliphatic hydroxyl groups excluding tert-OH is 1. The van der Waals surface area contributed by atoms with Gasteiger partial charge in [-0.3, -0.25) is 0 Å². The van der Waals surface area contributed by atoms with E-state index < -0.39 is 10.0 Å². The van der Waals surface area contributed by atoms with Gasteiger partial charge < -0.3 is 10.0 Å². The third kappa shape index (κ3) is 4.70. The molecular weight excluding hydrogens is 264 g/mol. The fraction of sp³-hybridized carbons (Fsp3) is 1.00. The van der Waals surface area contributed by atoms with Crippen LogP contribution in [0.3, 0.4) is 0 Å². The Morgan fingerprint density at radius 1 is 1.26 bits per heavy atom. The summed E-state index contributed by atoms with van der Waals surface area (Å²) in [5.74, 6) is 0.364. The molecule has 114 valence electrons. The van der Waals surface area contributed by atoms with Crippen molar-refractivity contribution in [3.05, 3.63) is 0 Å². The van der Waals surface area contributed by atoms with Gasteiger partial charge in [0.05, 0.1) is 12.4 Å². The van der Waals surface area contributed by atoms with Gasteiger partial charge in [-0.1, -0.05) is 13.8 Å². The van der Waals surface area contributed by atoms with E-state index in [9.17, 15) is 13.5 Å². The van der Waals surface area contributed by atoms with Crippen LogP contribution in [0.4, 0.5) is 0 Å². The summed E-state index contributed by atoms with van der Waals surface area (Å²) in [7, 11) is 0.839. The molecule has 0 saturated carbocycles. The van der Waals surface area contributed by atoms with E-state index in [0.29, 0.717) is 13.1 Å². The zero-order chi connectivity index (χ0) is 14.7. The Morgan fingerprint density at radius 3 is 2.16 bits per heavy atom. The summed E-state index contributed by atoms with van der Waals surface area (Å²) in [4.78, 5) is 2.06. The lowest BCUT2D eigenvalue weighted by molar-refractivity contribution is 0.0441. The van der Waals surface area contributed by atoms with Gasteiger partial charge in [0.2, 0.25) is 10.0 Å². The van der Waals surface area contributed by atoms with E-state index in [4.69, 9.17) is 0 Å². The molecule has 1 saturated heterocycles. The fourth-order valence-corrected chi connectivity index (χ4v) is 4.59. The third-order valence-corrected chi connectivity index (χ3v) is 5.95. The Bertz CT molecular complexity index is 371. The monoisotopic (exact) mass is 292 g/mol. The minimum absolute atomic E-state index is 0.128. The van der Waals surface area contributed by atoms with Gasteiger partial charge in [-0.25, -0.2) is 12.7 Å². The van der Waals surface area contributed by atoms with Crippen molar-refractivity contribution in [2.75, 3.05) is 46.1 Å². The molecule has 0 bridgehead atoms. The first-order valence-electron chi connectivity index (χ1n) is 6.94. The van der Waals surface area contributed by atoms with Gasteiger partial charge in [-0.15, -0.1) is 0 Å². The molecule has 0 spiro atoms. The van der Waals surface area contributed by atoms with E-state index in [1.54, 1.807) is 4.31 Å². The summed E-state index contributed by atoms with van der Waals surface area (Å²) in [5, 5.41) is 9.63. The van der Waals surface area contributed by atoms with Crippen molar-refractivity contribution in [1.82, 2.24) is 9.21 Å². The van der Waals surface area contributed by atoms with Gasteiger partial charge in [-0.05, 0) is 32.9 Å². The summed E-state index contributed by atoms with van der Waals surface area (Å²) < 4.78 is 25.9. The first-order chi connectivity index (χ1) is 8.71. The molecule has 1 N–H and O–H groups in total. The van der Waals surface area contributed by atoms with Gasteiger partial charge in [-0.2, -0.15) is 0 Å². The van der Waals surface area contributed by atoms with Crippen LogP contribution in [0.1, 0.15) is 26.7 Å². The fourth-order valence-electron chi connectivity index (χ4n) is 2.80. The van der Waals surface area contributed by atoms with Crippen LogP contribution in [0.2, 0.25) is 0 Å². The van der Waals surface area contributed by atoms with Crippen molar-refractivity contribution >= 4 is 10.0 Å². The largest absolute Gasteiger partial charge is 0.396 e. The normalized spacial score (nSPS) is 21.2. The molecule has 19 heavy (non-hydrogen) atoms. The lowest BCUT2D eigenvalue weighted by Crippen LogP contribution is -2.49. The predicted molar refractivity (Wildman–Crippen MR) is 77.5 cm³/mol. The van der Waals surface area contributed by atoms with Crippen LogP contribution >= 0.6 is 0 Å². The molecular formula is C13H28N2O3S. The molecule has 0 aromatic rings. The molecule has 0 atom stereocenters. The average molecular weight is 292 g/mol. The number of rotatable bonds is 6. The SMILES string of the molecule is CC(C)CS(=O)(=O)N1CCC(CO)(CN(C)C)CC1. The smallest absolute Gasteiger partial charge is 0.214 e. The van der Waals surface area contributed by atoms with Crippen LogP contribution in [0, 0.1) is 11.3 Å². The van der Waals surface area contributed by atoms with Gasteiger partial charge in [0.25, 0.3) is 0 Å². The quantitative estimate of drug-likeness (QED) is 0.779. The highest BCUT2D eigenvalue weighted by Crippen LogP contribution is 2.32. The van der Waals surface area contributed by atoms with Crippen molar-refractivity contribution in [2.24, 2.45) is 11.3 Å². The van der Waals surface area contributed by atoms with Gasteiger partial charge in [0.15, 0.2) is 0 Å². The second kappa shape index (κ2) is 6.52. The van der Waals surface area contributed by atoms with Crippen molar-refractivity contribution in [1.29, 1.82) is 0 Å². The highest BCUT2D eigenvalue weighted by atomic mass is 32.2. The molecule has 1 heterocycles. The van der Waals surface area contributed by atoms with Crippen LogP contribution in [0.25, 0.3) is 0 Å². The van der Waals surface area contributed by atoms with Gasteiger partial charge >= 0.3 is 0 Å². The highest BCUT2D eigenvalue weighted by molar-refractivity contribution is 7.89. The minimum Gasteiger partial charge on any atom is -0.396 e. The highest BCUT2D eigenvalue weighted by Gasteiger charge is 2.38. The Morgan fingerprint density at radius 2 is 1.79 bits per heavy atom. The standard InChI is InChI=1S/C13H28N2O3S/c1-12(2)9-19(17,18)15-7-5-13(11-16,6-8-15)10-14(3)4/h12,16H,5-11H2,1-4H3. The van der Waals surface area contributed by atoms with Crippen LogP contribution in [-0.2, 0) is 10.0 Å². The van der Waals surface area contributed by atoms with Crippen molar-refractivity contribution in [3.8, 4) is 0 Å². The molecule has 1 aliphatic heterocycles. The number of aliphatic hydroxyl groups is 1. The number of hydrogen-bond acceptors (Lipinski definition) is 4. The second-order valence-corrected chi connectivity index (χ2v) is 8.48. The average Bonchev–Trinajstić information content (AvgIpc) is 2.27. The van der Waals surface area contributed by atoms with E-state index in [-0.39, 0.29) is 23.7 Å². The summed E-state index contributed by atoms with van der Waals surface area (Å²) in [5.41, 5.74) is -0.145. The summed E-state index contributed by atoms with van der Waals surface area (Å²) in [6, 6.07) is 0. The van der Waals surface area contributed by atoms with E-state index in [0.717, 1.165) is 19.4 Å². The second-order valence-electron chi connectivity index (χ2n) is 6.47. The molecule has 5 nitrogen and oxygen atoms in total. The van der Waals surface area contributed by atoms with Crippen LogP contribution in [-0.4, -0.2) is 68.8 Å². The van der Waals surface area contributed by atoms with Gasteiger partial charge in [0.1, 0.15) is 0 Å². The lowest BCUT2D eigenvalue weighted by Gasteiger charge is -2.41. The Balaban J connectivity index is 2.66. The number of piperidine rings is 1. The maximum absolute atomic E-state index is 12.2. The molecule has 0 aromatic carbocycles. The maximum atomic E-state index is 12.2. The minimum atomic E-state index is -3.13. The molecule has 6 heteroatoms. The van der Waals surface area contributed by atoms with E-state index in [2.05, 4.69) is 4.90 Å². The Labute approximate surface area is 117 Å². The molecule has 1 fully saturated rings. The topological polar surface area (TPSA) is 60.9 Å². The molecule has 0 radical (unpaired) electrons. The first kappa shape index (κ1) is 16.9. The molecule has 0 aromatic heterocycles. The van der Waals surface area contributed by atoms with E-state index in [1.165, 1.54) is 0 Å². The summed E-state index contributed by atoms with van der Waals surface area (Å²) in [6.45, 7) is 5.84. The van der Waals surface area contributed by atoms with Crippen molar-refractivity contribution in [2.45, 2.75) is 26.7 Å². The predicted octanol–water partition coefficient (Wildman–Crippen LogP) is 0.608. The Hall–Kier alpha value is -0.170. The third-order valence-electron chi connectivity index (χ3n) is 3.71. The maximum Gasteiger partial charge on any atom is 0.214 e. The zero-order valence-corrected chi connectivity index (χ0v) is 13.4. The lowest BCUT2D eigenvalue weighted by atomic mass is 9.79. The number of sulfonamides is 1. The van der Waals surface area contributed by atoms with Gasteiger partial charge in [0, 0.05) is 25.0 Å². The van der Waals surface area contributed by atoms with Crippen LogP contribution in [0.15, 0.2) is 0 Å².